The van der Waals surface area contributed by atoms with E-state index in [2.05, 4.69) is 4.98 Å². The predicted octanol–water partition coefficient (Wildman–Crippen LogP) is 2.85. The average molecular weight is 243 g/mol. The molecule has 0 amide bonds. The molecule has 0 spiro atoms. The van der Waals surface area contributed by atoms with Gasteiger partial charge in [-0.15, -0.1) is 11.3 Å². The summed E-state index contributed by atoms with van der Waals surface area (Å²) in [7, 11) is 0. The van der Waals surface area contributed by atoms with Crippen LogP contribution in [-0.2, 0) is 0 Å². The summed E-state index contributed by atoms with van der Waals surface area (Å²) in [5.41, 5.74) is 0. The van der Waals surface area contributed by atoms with Crippen molar-refractivity contribution in [1.82, 2.24) is 4.98 Å². The van der Waals surface area contributed by atoms with Gasteiger partial charge in [0.1, 0.15) is 0 Å². The highest BCUT2D eigenvalue weighted by atomic mass is 32.2. The lowest BCUT2D eigenvalue weighted by Gasteiger charge is -2.18. The fourth-order valence-electron chi connectivity index (χ4n) is 1.74. The topological polar surface area (TPSA) is 33.1 Å². The van der Waals surface area contributed by atoms with Crippen LogP contribution in [0.2, 0.25) is 0 Å². The maximum absolute atomic E-state index is 9.08. The minimum atomic E-state index is 0.223. The number of thiazole rings is 1. The van der Waals surface area contributed by atoms with Gasteiger partial charge in [-0.2, -0.15) is 11.8 Å². The summed E-state index contributed by atoms with van der Waals surface area (Å²) in [5, 5.41) is 10.4. The molecule has 0 aliphatic carbocycles. The van der Waals surface area contributed by atoms with Gasteiger partial charge in [0.15, 0.2) is 0 Å². The molecule has 0 saturated carbocycles. The van der Waals surface area contributed by atoms with Crippen LogP contribution in [0.5, 0.6) is 0 Å². The van der Waals surface area contributed by atoms with Crippen LogP contribution in [0.3, 0.4) is 0 Å². The average Bonchev–Trinajstić information content (AvgIpc) is 2.78. The largest absolute Gasteiger partial charge is 0.396 e. The van der Waals surface area contributed by atoms with Crippen LogP contribution < -0.4 is 0 Å². The Bertz CT molecular complexity index is 307. The minimum absolute atomic E-state index is 0.223. The van der Waals surface area contributed by atoms with Crippen LogP contribution in [0.15, 0.2) is 6.20 Å². The van der Waals surface area contributed by atoms with Crippen LogP contribution in [-0.4, -0.2) is 28.2 Å². The SMILES string of the molecule is CC(CO)c1cnc(C2CCCSC2)s1. The summed E-state index contributed by atoms with van der Waals surface area (Å²) in [5.74, 6) is 3.43. The van der Waals surface area contributed by atoms with Gasteiger partial charge in [0.25, 0.3) is 0 Å². The molecule has 1 aliphatic rings. The van der Waals surface area contributed by atoms with Crippen molar-refractivity contribution < 1.29 is 5.11 Å². The third-order valence-electron chi connectivity index (χ3n) is 2.81. The van der Waals surface area contributed by atoms with E-state index in [0.29, 0.717) is 5.92 Å². The molecule has 2 heterocycles. The molecular formula is C11H17NOS2. The normalized spacial score (nSPS) is 24.0. The summed E-state index contributed by atoms with van der Waals surface area (Å²) in [6.07, 6.45) is 4.55. The summed E-state index contributed by atoms with van der Waals surface area (Å²) < 4.78 is 0. The molecule has 4 heteroatoms. The first-order valence-corrected chi connectivity index (χ1v) is 7.42. The molecule has 1 fully saturated rings. The fourth-order valence-corrected chi connectivity index (χ4v) is 4.09. The maximum Gasteiger partial charge on any atom is 0.0966 e. The van der Waals surface area contributed by atoms with Crippen molar-refractivity contribution in [2.75, 3.05) is 18.1 Å². The molecule has 1 aromatic rings. The maximum atomic E-state index is 9.08. The van der Waals surface area contributed by atoms with Crippen molar-refractivity contribution in [2.45, 2.75) is 31.6 Å². The molecule has 2 rings (SSSR count). The van der Waals surface area contributed by atoms with E-state index in [1.165, 1.54) is 34.2 Å². The number of aliphatic hydroxyl groups excluding tert-OH is 1. The van der Waals surface area contributed by atoms with Crippen molar-refractivity contribution in [3.05, 3.63) is 16.1 Å². The lowest BCUT2D eigenvalue weighted by Crippen LogP contribution is -2.07. The lowest BCUT2D eigenvalue weighted by molar-refractivity contribution is 0.274. The van der Waals surface area contributed by atoms with Crippen LogP contribution in [0.1, 0.15) is 41.5 Å². The molecule has 1 saturated heterocycles. The first-order valence-electron chi connectivity index (χ1n) is 5.45. The molecular weight excluding hydrogens is 226 g/mol. The monoisotopic (exact) mass is 243 g/mol. The quantitative estimate of drug-likeness (QED) is 0.886. The van der Waals surface area contributed by atoms with E-state index in [1.807, 2.05) is 24.9 Å². The second-order valence-electron chi connectivity index (χ2n) is 4.10. The van der Waals surface area contributed by atoms with Crippen molar-refractivity contribution in [2.24, 2.45) is 0 Å². The molecule has 1 aliphatic heterocycles. The van der Waals surface area contributed by atoms with Gasteiger partial charge < -0.3 is 5.11 Å². The van der Waals surface area contributed by atoms with Gasteiger partial charge in [-0.25, -0.2) is 4.98 Å². The molecule has 15 heavy (non-hydrogen) atoms. The van der Waals surface area contributed by atoms with Gasteiger partial charge in [-0.05, 0) is 18.6 Å². The Labute approximate surface area is 99.1 Å². The lowest BCUT2D eigenvalue weighted by atomic mass is 10.1. The molecule has 2 atom stereocenters. The van der Waals surface area contributed by atoms with Gasteiger partial charge in [0, 0.05) is 28.7 Å². The van der Waals surface area contributed by atoms with Gasteiger partial charge in [0.2, 0.25) is 0 Å². The van der Waals surface area contributed by atoms with Gasteiger partial charge in [-0.1, -0.05) is 6.92 Å². The number of aromatic nitrogens is 1. The Morgan fingerprint density at radius 2 is 2.53 bits per heavy atom. The molecule has 0 bridgehead atoms. The second kappa shape index (κ2) is 5.32. The van der Waals surface area contributed by atoms with Gasteiger partial charge >= 0.3 is 0 Å². The highest BCUT2D eigenvalue weighted by Gasteiger charge is 2.20. The van der Waals surface area contributed by atoms with Crippen LogP contribution in [0.25, 0.3) is 0 Å². The molecule has 1 aromatic heterocycles. The van der Waals surface area contributed by atoms with Crippen LogP contribution in [0, 0.1) is 0 Å². The number of nitrogens with zero attached hydrogens (tertiary/aromatic N) is 1. The van der Waals surface area contributed by atoms with E-state index in [1.54, 1.807) is 11.3 Å². The van der Waals surface area contributed by atoms with Crippen molar-refractivity contribution in [1.29, 1.82) is 0 Å². The first-order chi connectivity index (χ1) is 7.31. The Morgan fingerprint density at radius 1 is 1.67 bits per heavy atom. The zero-order valence-corrected chi connectivity index (χ0v) is 10.6. The Morgan fingerprint density at radius 3 is 3.20 bits per heavy atom. The number of thioether (sulfide) groups is 1. The first kappa shape index (κ1) is 11.4. The van der Waals surface area contributed by atoms with E-state index in [-0.39, 0.29) is 12.5 Å². The minimum Gasteiger partial charge on any atom is -0.396 e. The van der Waals surface area contributed by atoms with E-state index in [4.69, 9.17) is 5.11 Å². The van der Waals surface area contributed by atoms with Crippen molar-refractivity contribution in [3.63, 3.8) is 0 Å². The predicted molar refractivity (Wildman–Crippen MR) is 66.9 cm³/mol. The smallest absolute Gasteiger partial charge is 0.0966 e. The summed E-state index contributed by atoms with van der Waals surface area (Å²) in [6.45, 7) is 2.27. The Balaban J connectivity index is 2.05. The molecule has 1 N–H and O–H groups in total. The van der Waals surface area contributed by atoms with E-state index < -0.39 is 0 Å². The third-order valence-corrected chi connectivity index (χ3v) is 5.42. The molecule has 2 nitrogen and oxygen atoms in total. The highest BCUT2D eigenvalue weighted by molar-refractivity contribution is 7.99. The van der Waals surface area contributed by atoms with E-state index in [9.17, 15) is 0 Å². The van der Waals surface area contributed by atoms with Crippen LogP contribution in [0.4, 0.5) is 0 Å². The summed E-state index contributed by atoms with van der Waals surface area (Å²) >= 11 is 3.83. The molecule has 84 valence electrons. The van der Waals surface area contributed by atoms with Gasteiger partial charge in [-0.3, -0.25) is 0 Å². The number of hydrogen-bond acceptors (Lipinski definition) is 4. The molecule has 0 aromatic carbocycles. The third kappa shape index (κ3) is 2.74. The molecule has 2 unspecified atom stereocenters. The van der Waals surface area contributed by atoms with Crippen LogP contribution >= 0.6 is 23.1 Å². The number of aliphatic hydroxyl groups is 1. The van der Waals surface area contributed by atoms with Crippen molar-refractivity contribution >= 4 is 23.1 Å². The number of hydrogen-bond donors (Lipinski definition) is 1. The molecule has 0 radical (unpaired) electrons. The standard InChI is InChI=1S/C11H17NOS2/c1-8(6-13)10-5-12-11(15-10)9-3-2-4-14-7-9/h5,8-9,13H,2-4,6-7H2,1H3. The van der Waals surface area contributed by atoms with Gasteiger partial charge in [0.05, 0.1) is 11.6 Å². The number of rotatable bonds is 3. The summed E-state index contributed by atoms with van der Waals surface area (Å²) in [6, 6.07) is 0. The highest BCUT2D eigenvalue weighted by Crippen LogP contribution is 2.34. The fraction of sp³-hybridized carbons (Fsp3) is 0.727. The second-order valence-corrected chi connectivity index (χ2v) is 6.34. The van der Waals surface area contributed by atoms with E-state index >= 15 is 0 Å². The Hall–Kier alpha value is -0.0600. The van der Waals surface area contributed by atoms with E-state index in [0.717, 1.165) is 0 Å². The zero-order valence-electron chi connectivity index (χ0n) is 8.98. The van der Waals surface area contributed by atoms with Crippen molar-refractivity contribution in [3.8, 4) is 0 Å². The Kier molecular flexibility index (Phi) is 4.05. The summed E-state index contributed by atoms with van der Waals surface area (Å²) in [4.78, 5) is 5.73. The zero-order chi connectivity index (χ0) is 10.7.